The first-order valence-electron chi connectivity index (χ1n) is 10.2. The van der Waals surface area contributed by atoms with Crippen LogP contribution >= 0.6 is 0 Å². The third kappa shape index (κ3) is 4.51. The first-order chi connectivity index (χ1) is 15.0. The number of carbonyl (C=O) groups is 1. The lowest BCUT2D eigenvalue weighted by Crippen LogP contribution is -2.08. The van der Waals surface area contributed by atoms with Crippen LogP contribution in [0.15, 0.2) is 77.2 Å². The number of nitrogens with zero attached hydrogens (tertiary/aromatic N) is 2. The number of ketones is 1. The van der Waals surface area contributed by atoms with Gasteiger partial charge >= 0.3 is 0 Å². The van der Waals surface area contributed by atoms with Crippen molar-refractivity contribution in [2.75, 3.05) is 25.6 Å². The van der Waals surface area contributed by atoms with E-state index >= 15 is 0 Å². The summed E-state index contributed by atoms with van der Waals surface area (Å²) < 4.78 is 11.4. The largest absolute Gasteiger partial charge is 0.494 e. The van der Waals surface area contributed by atoms with E-state index in [1.54, 1.807) is 24.3 Å². The van der Waals surface area contributed by atoms with Crippen molar-refractivity contribution in [1.82, 2.24) is 4.98 Å². The van der Waals surface area contributed by atoms with E-state index in [2.05, 4.69) is 4.98 Å². The van der Waals surface area contributed by atoms with E-state index < -0.39 is 0 Å². The topological polar surface area (TPSA) is 55.6 Å². The van der Waals surface area contributed by atoms with Gasteiger partial charge in [0, 0.05) is 25.3 Å². The normalized spacial score (nSPS) is 11.5. The molecular weight excluding hydrogens is 388 g/mol. The monoisotopic (exact) mass is 412 g/mol. The number of hydrogen-bond acceptors (Lipinski definition) is 5. The molecule has 0 aliphatic rings. The van der Waals surface area contributed by atoms with Gasteiger partial charge in [0.15, 0.2) is 11.4 Å². The van der Waals surface area contributed by atoms with Crippen LogP contribution in [0.4, 0.5) is 5.69 Å². The number of para-hydroxylation sites is 2. The molecule has 4 aromatic rings. The molecule has 0 bridgehead atoms. The predicted molar refractivity (Wildman–Crippen MR) is 125 cm³/mol. The van der Waals surface area contributed by atoms with E-state index in [1.807, 2.05) is 80.5 Å². The number of allylic oxidation sites excluding steroid dienone is 1. The summed E-state index contributed by atoms with van der Waals surface area (Å²) in [7, 11) is 3.98. The molecule has 0 aliphatic carbocycles. The van der Waals surface area contributed by atoms with E-state index in [1.165, 1.54) is 0 Å². The van der Waals surface area contributed by atoms with Gasteiger partial charge in [-0.3, -0.25) is 4.79 Å². The number of oxazole rings is 1. The molecule has 1 heterocycles. The van der Waals surface area contributed by atoms with Crippen LogP contribution in [-0.4, -0.2) is 31.5 Å². The molecule has 0 spiro atoms. The lowest BCUT2D eigenvalue weighted by molar-refractivity contribution is 0.105. The highest BCUT2D eigenvalue weighted by atomic mass is 16.5. The second kappa shape index (κ2) is 8.88. The Morgan fingerprint density at radius 1 is 1.00 bits per heavy atom. The van der Waals surface area contributed by atoms with Crippen molar-refractivity contribution < 1.29 is 13.9 Å². The second-order valence-corrected chi connectivity index (χ2v) is 7.32. The van der Waals surface area contributed by atoms with Gasteiger partial charge in [0.1, 0.15) is 11.3 Å². The molecule has 0 unspecified atom stereocenters. The van der Waals surface area contributed by atoms with E-state index in [9.17, 15) is 4.79 Å². The summed E-state index contributed by atoms with van der Waals surface area (Å²) in [5.74, 6) is 0.869. The van der Waals surface area contributed by atoms with Gasteiger partial charge in [-0.15, -0.1) is 0 Å². The third-order valence-corrected chi connectivity index (χ3v) is 4.92. The summed E-state index contributed by atoms with van der Waals surface area (Å²) in [5, 5.41) is 0. The Bertz CT molecular complexity index is 1190. The van der Waals surface area contributed by atoms with Crippen molar-refractivity contribution in [3.63, 3.8) is 0 Å². The van der Waals surface area contributed by atoms with Crippen LogP contribution in [0, 0.1) is 0 Å². The number of Topliss-reactive ketones (excluding diaryl/α,β-unsaturated/α-hetero) is 1. The van der Waals surface area contributed by atoms with Gasteiger partial charge in [-0.25, -0.2) is 4.98 Å². The van der Waals surface area contributed by atoms with Crippen molar-refractivity contribution in [3.05, 3.63) is 89.8 Å². The SMILES string of the molecule is CCOc1ccc(C(=O)/C(=C\c2ccc(N(C)C)cc2)c2nc3ccccc3o2)cc1. The van der Waals surface area contributed by atoms with E-state index in [4.69, 9.17) is 9.15 Å². The zero-order valence-electron chi connectivity index (χ0n) is 17.8. The van der Waals surface area contributed by atoms with E-state index in [0.717, 1.165) is 17.0 Å². The summed E-state index contributed by atoms with van der Waals surface area (Å²) in [6.07, 6.45) is 1.82. The fourth-order valence-corrected chi connectivity index (χ4v) is 3.27. The highest BCUT2D eigenvalue weighted by molar-refractivity contribution is 6.31. The van der Waals surface area contributed by atoms with Gasteiger partial charge in [-0.2, -0.15) is 0 Å². The molecule has 0 radical (unpaired) electrons. The maximum absolute atomic E-state index is 13.5. The number of benzene rings is 3. The molecule has 0 fully saturated rings. The minimum atomic E-state index is -0.161. The molecule has 5 nitrogen and oxygen atoms in total. The zero-order chi connectivity index (χ0) is 21.8. The van der Waals surface area contributed by atoms with E-state index in [0.29, 0.717) is 34.7 Å². The average molecular weight is 412 g/mol. The first kappa shape index (κ1) is 20.4. The molecule has 0 atom stereocenters. The molecule has 156 valence electrons. The molecule has 5 heteroatoms. The first-order valence-corrected chi connectivity index (χ1v) is 10.2. The molecule has 4 rings (SSSR count). The Morgan fingerprint density at radius 2 is 1.71 bits per heavy atom. The quantitative estimate of drug-likeness (QED) is 0.287. The number of anilines is 1. The van der Waals surface area contributed by atoms with Gasteiger partial charge in [-0.1, -0.05) is 24.3 Å². The number of fused-ring (bicyclic) bond motifs is 1. The fraction of sp³-hybridized carbons (Fsp3) is 0.154. The number of ether oxygens (including phenoxy) is 1. The van der Waals surface area contributed by atoms with Crippen molar-refractivity contribution in [3.8, 4) is 5.75 Å². The van der Waals surface area contributed by atoms with Crippen LogP contribution in [-0.2, 0) is 0 Å². The molecule has 1 aromatic heterocycles. The summed E-state index contributed by atoms with van der Waals surface area (Å²) in [4.78, 5) is 20.0. The van der Waals surface area contributed by atoms with Gasteiger partial charge < -0.3 is 14.1 Å². The summed E-state index contributed by atoms with van der Waals surface area (Å²) in [6.45, 7) is 2.50. The van der Waals surface area contributed by atoms with Crippen molar-refractivity contribution in [1.29, 1.82) is 0 Å². The molecule has 0 amide bonds. The van der Waals surface area contributed by atoms with E-state index in [-0.39, 0.29) is 5.78 Å². The van der Waals surface area contributed by atoms with Crippen LogP contribution in [0.25, 0.3) is 22.7 Å². The maximum atomic E-state index is 13.5. The minimum Gasteiger partial charge on any atom is -0.494 e. The highest BCUT2D eigenvalue weighted by Crippen LogP contribution is 2.27. The summed E-state index contributed by atoms with van der Waals surface area (Å²) >= 11 is 0. The zero-order valence-corrected chi connectivity index (χ0v) is 17.8. The Balaban J connectivity index is 1.77. The van der Waals surface area contributed by atoms with Gasteiger partial charge in [-0.05, 0) is 67.1 Å². The van der Waals surface area contributed by atoms with Gasteiger partial charge in [0.05, 0.1) is 12.2 Å². The number of aromatic nitrogens is 1. The lowest BCUT2D eigenvalue weighted by Gasteiger charge is -2.12. The van der Waals surface area contributed by atoms with Crippen molar-refractivity contribution in [2.45, 2.75) is 6.92 Å². The minimum absolute atomic E-state index is 0.161. The fourth-order valence-electron chi connectivity index (χ4n) is 3.27. The smallest absolute Gasteiger partial charge is 0.231 e. The summed E-state index contributed by atoms with van der Waals surface area (Å²) in [5.41, 5.74) is 4.28. The van der Waals surface area contributed by atoms with Crippen molar-refractivity contribution >= 4 is 34.2 Å². The summed E-state index contributed by atoms with van der Waals surface area (Å²) in [6, 6.07) is 22.6. The molecule has 0 saturated carbocycles. The second-order valence-electron chi connectivity index (χ2n) is 7.32. The maximum Gasteiger partial charge on any atom is 0.231 e. The molecule has 0 N–H and O–H groups in total. The molecule has 0 aliphatic heterocycles. The van der Waals surface area contributed by atoms with Crippen LogP contribution in [0.5, 0.6) is 5.75 Å². The number of rotatable bonds is 7. The Hall–Kier alpha value is -3.86. The standard InChI is InChI=1S/C26H24N2O3/c1-4-30-21-15-11-19(12-16-21)25(29)22(17-18-9-13-20(14-10-18)28(2)3)26-27-23-7-5-6-8-24(23)31-26/h5-17H,4H2,1-3H3/b22-17+. The molecular formula is C26H24N2O3. The number of carbonyl (C=O) groups excluding carboxylic acids is 1. The average Bonchev–Trinajstić information content (AvgIpc) is 3.22. The van der Waals surface area contributed by atoms with Gasteiger partial charge in [0.2, 0.25) is 5.89 Å². The van der Waals surface area contributed by atoms with Crippen LogP contribution in [0.1, 0.15) is 28.7 Å². The Morgan fingerprint density at radius 3 is 2.35 bits per heavy atom. The Labute approximate surface area is 181 Å². The van der Waals surface area contributed by atoms with Crippen LogP contribution < -0.4 is 9.64 Å². The number of hydrogen-bond donors (Lipinski definition) is 0. The van der Waals surface area contributed by atoms with Crippen molar-refractivity contribution in [2.24, 2.45) is 0 Å². The van der Waals surface area contributed by atoms with Crippen LogP contribution in [0.2, 0.25) is 0 Å². The lowest BCUT2D eigenvalue weighted by atomic mass is 10.0. The molecule has 0 saturated heterocycles. The predicted octanol–water partition coefficient (Wildman–Crippen LogP) is 5.72. The van der Waals surface area contributed by atoms with Crippen LogP contribution in [0.3, 0.4) is 0 Å². The third-order valence-electron chi connectivity index (χ3n) is 4.92. The Kier molecular flexibility index (Phi) is 5.85. The molecule has 31 heavy (non-hydrogen) atoms. The highest BCUT2D eigenvalue weighted by Gasteiger charge is 2.20. The van der Waals surface area contributed by atoms with Gasteiger partial charge in [0.25, 0.3) is 0 Å². The molecule has 3 aromatic carbocycles.